The molecule has 0 unspecified atom stereocenters. The zero-order valence-electron chi connectivity index (χ0n) is 11.3. The van der Waals surface area contributed by atoms with Crippen LogP contribution in [0.15, 0.2) is 0 Å². The molecule has 0 amide bonds. The molecule has 2 N–H and O–H groups in total. The molecular formula is C12H24N2O5. The molecule has 2 fully saturated rings. The summed E-state index contributed by atoms with van der Waals surface area (Å²) < 4.78 is 16.1. The Balaban J connectivity index is 2.00. The molecule has 0 aliphatic carbocycles. The number of aliphatic hydroxyl groups excluding tert-OH is 1. The highest BCUT2D eigenvalue weighted by Gasteiger charge is 2.42. The third-order valence-corrected chi connectivity index (χ3v) is 3.57. The summed E-state index contributed by atoms with van der Waals surface area (Å²) in [4.78, 5) is 3.97. The van der Waals surface area contributed by atoms with E-state index in [2.05, 4.69) is 0 Å². The lowest BCUT2D eigenvalue weighted by Crippen LogP contribution is -2.67. The summed E-state index contributed by atoms with van der Waals surface area (Å²) in [5, 5.41) is 19.8. The molecule has 2 saturated heterocycles. The second kappa shape index (κ2) is 7.49. The highest BCUT2D eigenvalue weighted by Crippen LogP contribution is 2.21. The Morgan fingerprint density at radius 3 is 1.84 bits per heavy atom. The van der Waals surface area contributed by atoms with Gasteiger partial charge in [-0.1, -0.05) is 0 Å². The Labute approximate surface area is 113 Å². The normalized spacial score (nSPS) is 23.7. The maximum atomic E-state index is 11.0. The predicted octanol–water partition coefficient (Wildman–Crippen LogP) is -1.69. The van der Waals surface area contributed by atoms with Gasteiger partial charge in [0.15, 0.2) is 0 Å². The van der Waals surface area contributed by atoms with E-state index in [0.29, 0.717) is 52.6 Å². The molecule has 0 radical (unpaired) electrons. The van der Waals surface area contributed by atoms with E-state index in [1.54, 1.807) is 0 Å². The van der Waals surface area contributed by atoms with Crippen LogP contribution in [0, 0.1) is 0 Å². The van der Waals surface area contributed by atoms with Crippen LogP contribution in [0.1, 0.15) is 0 Å². The van der Waals surface area contributed by atoms with Crippen LogP contribution in [0.25, 0.3) is 0 Å². The molecule has 2 rings (SSSR count). The largest absolute Gasteiger partial charge is 0.394 e. The Bertz CT molecular complexity index is 237. The van der Waals surface area contributed by atoms with Crippen LogP contribution in [-0.4, -0.2) is 98.3 Å². The number of hydrogen-bond donors (Lipinski definition) is 2. The van der Waals surface area contributed by atoms with Crippen LogP contribution < -0.4 is 0 Å². The molecule has 19 heavy (non-hydrogen) atoms. The first-order chi connectivity index (χ1) is 9.27. The quantitative estimate of drug-likeness (QED) is 0.560. The second-order valence-corrected chi connectivity index (χ2v) is 4.75. The van der Waals surface area contributed by atoms with Gasteiger partial charge in [0.1, 0.15) is 6.61 Å². The standard InChI is InChI=1S/C12H24N2O5/c15-5-10-19-11-12(16,13-1-6-17-7-2-13)14-3-8-18-9-4-14/h15-16H,1-11H2. The summed E-state index contributed by atoms with van der Waals surface area (Å²) in [6.07, 6.45) is 0. The minimum atomic E-state index is -1.14. The van der Waals surface area contributed by atoms with Gasteiger partial charge in [-0.15, -0.1) is 0 Å². The zero-order chi connectivity index (χ0) is 13.6. The maximum absolute atomic E-state index is 11.0. The van der Waals surface area contributed by atoms with E-state index in [4.69, 9.17) is 19.3 Å². The third-order valence-electron chi connectivity index (χ3n) is 3.57. The van der Waals surface area contributed by atoms with Gasteiger partial charge in [-0.25, -0.2) is 0 Å². The first kappa shape index (κ1) is 15.1. The van der Waals surface area contributed by atoms with Crippen molar-refractivity contribution >= 4 is 0 Å². The maximum Gasteiger partial charge on any atom is 0.201 e. The topological polar surface area (TPSA) is 74.6 Å². The Kier molecular flexibility index (Phi) is 5.96. The highest BCUT2D eigenvalue weighted by molar-refractivity contribution is 4.83. The number of aliphatic hydroxyl groups is 2. The van der Waals surface area contributed by atoms with Gasteiger partial charge >= 0.3 is 0 Å². The average molecular weight is 276 g/mol. The number of nitrogens with zero attached hydrogens (tertiary/aromatic N) is 2. The van der Waals surface area contributed by atoms with E-state index >= 15 is 0 Å². The van der Waals surface area contributed by atoms with Crippen molar-refractivity contribution in [1.29, 1.82) is 0 Å². The van der Waals surface area contributed by atoms with Crippen LogP contribution >= 0.6 is 0 Å². The molecule has 0 aromatic rings. The van der Waals surface area contributed by atoms with Crippen molar-refractivity contribution in [1.82, 2.24) is 9.80 Å². The first-order valence-corrected chi connectivity index (χ1v) is 6.84. The van der Waals surface area contributed by atoms with Gasteiger partial charge in [0.25, 0.3) is 0 Å². The van der Waals surface area contributed by atoms with Crippen molar-refractivity contribution in [3.8, 4) is 0 Å². The first-order valence-electron chi connectivity index (χ1n) is 6.84. The SMILES string of the molecule is OCCOCC(O)(N1CCOCC1)N1CCOCC1. The average Bonchev–Trinajstić information content (AvgIpc) is 2.49. The monoisotopic (exact) mass is 276 g/mol. The van der Waals surface area contributed by atoms with Gasteiger partial charge in [-0.2, -0.15) is 0 Å². The molecule has 0 saturated carbocycles. The van der Waals surface area contributed by atoms with Crippen LogP contribution in [0.2, 0.25) is 0 Å². The summed E-state index contributed by atoms with van der Waals surface area (Å²) in [7, 11) is 0. The summed E-state index contributed by atoms with van der Waals surface area (Å²) in [6, 6.07) is 0. The van der Waals surface area contributed by atoms with Crippen LogP contribution in [0.3, 0.4) is 0 Å². The zero-order valence-corrected chi connectivity index (χ0v) is 11.3. The van der Waals surface area contributed by atoms with E-state index in [0.717, 1.165) is 0 Å². The third kappa shape index (κ3) is 3.85. The Morgan fingerprint density at radius 1 is 0.947 bits per heavy atom. The van der Waals surface area contributed by atoms with E-state index in [-0.39, 0.29) is 19.8 Å². The summed E-state index contributed by atoms with van der Waals surface area (Å²) >= 11 is 0. The molecule has 7 nitrogen and oxygen atoms in total. The van der Waals surface area contributed by atoms with Crippen LogP contribution in [-0.2, 0) is 14.2 Å². The fourth-order valence-electron chi connectivity index (χ4n) is 2.50. The molecule has 0 atom stereocenters. The summed E-state index contributed by atoms with van der Waals surface area (Å²) in [6.45, 7) is 5.53. The molecule has 2 aliphatic rings. The van der Waals surface area contributed by atoms with Crippen molar-refractivity contribution in [2.24, 2.45) is 0 Å². The Hall–Kier alpha value is -0.280. The number of hydrogen-bond acceptors (Lipinski definition) is 7. The summed E-state index contributed by atoms with van der Waals surface area (Å²) in [5.41, 5.74) is 0. The number of morpholine rings is 2. The van der Waals surface area contributed by atoms with Crippen molar-refractivity contribution in [3.63, 3.8) is 0 Å². The number of ether oxygens (including phenoxy) is 3. The molecule has 112 valence electrons. The molecule has 2 aliphatic heterocycles. The van der Waals surface area contributed by atoms with E-state index in [1.807, 2.05) is 9.80 Å². The summed E-state index contributed by atoms with van der Waals surface area (Å²) in [5.74, 6) is -1.14. The van der Waals surface area contributed by atoms with Gasteiger partial charge < -0.3 is 24.4 Å². The van der Waals surface area contributed by atoms with Gasteiger partial charge in [-0.3, -0.25) is 9.80 Å². The highest BCUT2D eigenvalue weighted by atomic mass is 16.5. The molecule has 0 aromatic carbocycles. The molecule has 0 bridgehead atoms. The lowest BCUT2D eigenvalue weighted by Gasteiger charge is -2.48. The molecule has 7 heteroatoms. The van der Waals surface area contributed by atoms with E-state index < -0.39 is 5.85 Å². The fraction of sp³-hybridized carbons (Fsp3) is 1.00. The molecular weight excluding hydrogens is 252 g/mol. The minimum Gasteiger partial charge on any atom is -0.394 e. The molecule has 0 spiro atoms. The fourth-order valence-corrected chi connectivity index (χ4v) is 2.50. The lowest BCUT2D eigenvalue weighted by atomic mass is 10.2. The van der Waals surface area contributed by atoms with Crippen molar-refractivity contribution < 1.29 is 24.4 Å². The van der Waals surface area contributed by atoms with Gasteiger partial charge in [-0.05, 0) is 0 Å². The number of rotatable bonds is 6. The second-order valence-electron chi connectivity index (χ2n) is 4.75. The molecule has 2 heterocycles. The van der Waals surface area contributed by atoms with Crippen LogP contribution in [0.5, 0.6) is 0 Å². The van der Waals surface area contributed by atoms with Gasteiger partial charge in [0.2, 0.25) is 5.85 Å². The van der Waals surface area contributed by atoms with E-state index in [1.165, 1.54) is 0 Å². The Morgan fingerprint density at radius 2 is 1.42 bits per heavy atom. The minimum absolute atomic E-state index is 0.0394. The predicted molar refractivity (Wildman–Crippen MR) is 67.6 cm³/mol. The van der Waals surface area contributed by atoms with Gasteiger partial charge in [0, 0.05) is 26.2 Å². The molecule has 0 aromatic heterocycles. The van der Waals surface area contributed by atoms with Crippen molar-refractivity contribution in [2.45, 2.75) is 5.85 Å². The lowest BCUT2D eigenvalue weighted by molar-refractivity contribution is -0.268. The van der Waals surface area contributed by atoms with E-state index in [9.17, 15) is 5.11 Å². The smallest absolute Gasteiger partial charge is 0.201 e. The van der Waals surface area contributed by atoms with Crippen molar-refractivity contribution in [3.05, 3.63) is 0 Å². The van der Waals surface area contributed by atoms with Crippen molar-refractivity contribution in [2.75, 3.05) is 72.4 Å². The van der Waals surface area contributed by atoms with Gasteiger partial charge in [0.05, 0.1) is 39.6 Å². The van der Waals surface area contributed by atoms with Crippen LogP contribution in [0.4, 0.5) is 0 Å².